The van der Waals surface area contributed by atoms with E-state index < -0.39 is 0 Å². The van der Waals surface area contributed by atoms with E-state index in [0.29, 0.717) is 18.2 Å². The molecule has 0 amide bonds. The molecule has 0 atom stereocenters. The summed E-state index contributed by atoms with van der Waals surface area (Å²) < 4.78 is 5.74. The van der Waals surface area contributed by atoms with Gasteiger partial charge in [-0.1, -0.05) is 25.1 Å². The van der Waals surface area contributed by atoms with Crippen LogP contribution in [-0.4, -0.2) is 23.3 Å². The van der Waals surface area contributed by atoms with E-state index in [0.717, 1.165) is 46.6 Å². The van der Waals surface area contributed by atoms with Gasteiger partial charge in [0.25, 0.3) is 0 Å². The molecule has 1 aromatic heterocycles. The van der Waals surface area contributed by atoms with Crippen LogP contribution in [0.15, 0.2) is 40.8 Å². The highest BCUT2D eigenvalue weighted by Crippen LogP contribution is 2.34. The third-order valence-electron chi connectivity index (χ3n) is 5.26. The molecule has 1 aliphatic heterocycles. The van der Waals surface area contributed by atoms with Gasteiger partial charge in [0.05, 0.1) is 11.3 Å². The van der Waals surface area contributed by atoms with Crippen molar-refractivity contribution >= 4 is 5.69 Å². The highest BCUT2D eigenvalue weighted by Gasteiger charge is 2.18. The number of piperidine rings is 1. The van der Waals surface area contributed by atoms with Crippen LogP contribution in [0.2, 0.25) is 0 Å². The molecule has 0 aliphatic carbocycles. The van der Waals surface area contributed by atoms with Crippen LogP contribution in [0.4, 0.5) is 5.69 Å². The van der Waals surface area contributed by atoms with E-state index in [1.54, 1.807) is 0 Å². The van der Waals surface area contributed by atoms with Crippen LogP contribution >= 0.6 is 0 Å². The Morgan fingerprint density at radius 3 is 2.57 bits per heavy atom. The fourth-order valence-electron chi connectivity index (χ4n) is 3.87. The summed E-state index contributed by atoms with van der Waals surface area (Å²) in [5.41, 5.74) is 5.70. The SMILES string of the molecule is CCc1nnc(-c2cc(C)cc(-c3cccc(N4CCCCC4)c3C#N)c2)o1. The lowest BCUT2D eigenvalue weighted by atomic mass is 9.94. The molecule has 3 aromatic rings. The molecule has 0 N–H and O–H groups in total. The van der Waals surface area contributed by atoms with E-state index in [9.17, 15) is 5.26 Å². The first-order chi connectivity index (χ1) is 13.7. The molecular weight excluding hydrogens is 348 g/mol. The van der Waals surface area contributed by atoms with E-state index in [1.807, 2.05) is 38.1 Å². The molecule has 0 unspecified atom stereocenters. The molecule has 0 radical (unpaired) electrons. The fourth-order valence-corrected chi connectivity index (χ4v) is 3.87. The van der Waals surface area contributed by atoms with Crippen molar-refractivity contribution in [1.82, 2.24) is 10.2 Å². The van der Waals surface area contributed by atoms with Crippen LogP contribution in [0.1, 0.15) is 43.2 Å². The van der Waals surface area contributed by atoms with Crippen molar-refractivity contribution in [1.29, 1.82) is 5.26 Å². The predicted octanol–water partition coefficient (Wildman–Crippen LogP) is 5.14. The van der Waals surface area contributed by atoms with Gasteiger partial charge >= 0.3 is 0 Å². The topological polar surface area (TPSA) is 66.0 Å². The number of hydrogen-bond donors (Lipinski definition) is 0. The van der Waals surface area contributed by atoms with E-state index in [1.165, 1.54) is 19.3 Å². The van der Waals surface area contributed by atoms with Gasteiger partial charge < -0.3 is 9.32 Å². The third kappa shape index (κ3) is 3.50. The summed E-state index contributed by atoms with van der Waals surface area (Å²) in [5, 5.41) is 18.2. The van der Waals surface area contributed by atoms with E-state index in [-0.39, 0.29) is 0 Å². The molecule has 142 valence electrons. The average Bonchev–Trinajstić information content (AvgIpc) is 3.23. The van der Waals surface area contributed by atoms with Crippen molar-refractivity contribution < 1.29 is 4.42 Å². The Balaban J connectivity index is 1.79. The predicted molar refractivity (Wildman–Crippen MR) is 110 cm³/mol. The van der Waals surface area contributed by atoms with E-state index in [2.05, 4.69) is 33.3 Å². The Labute approximate surface area is 165 Å². The first kappa shape index (κ1) is 18.2. The van der Waals surface area contributed by atoms with Gasteiger partial charge in [-0.05, 0) is 55.5 Å². The minimum Gasteiger partial charge on any atom is -0.421 e. The lowest BCUT2D eigenvalue weighted by Crippen LogP contribution is -2.30. The molecule has 5 heteroatoms. The zero-order valence-electron chi connectivity index (χ0n) is 16.4. The molecule has 5 nitrogen and oxygen atoms in total. The van der Waals surface area contributed by atoms with Gasteiger partial charge in [0.2, 0.25) is 11.8 Å². The number of benzene rings is 2. The normalized spacial score (nSPS) is 14.1. The lowest BCUT2D eigenvalue weighted by molar-refractivity contribution is 0.513. The second kappa shape index (κ2) is 7.85. The summed E-state index contributed by atoms with van der Waals surface area (Å²) in [5.74, 6) is 1.15. The van der Waals surface area contributed by atoms with Gasteiger partial charge in [-0.2, -0.15) is 5.26 Å². The summed E-state index contributed by atoms with van der Waals surface area (Å²) in [6.07, 6.45) is 4.34. The van der Waals surface area contributed by atoms with Gasteiger partial charge in [-0.15, -0.1) is 10.2 Å². The summed E-state index contributed by atoms with van der Waals surface area (Å²) in [4.78, 5) is 2.34. The molecule has 1 fully saturated rings. The molecule has 2 aromatic carbocycles. The second-order valence-corrected chi connectivity index (χ2v) is 7.30. The molecule has 2 heterocycles. The number of nitrogens with zero attached hydrogens (tertiary/aromatic N) is 4. The molecule has 0 bridgehead atoms. The van der Waals surface area contributed by atoms with Gasteiger partial charge in [0, 0.05) is 30.6 Å². The van der Waals surface area contributed by atoms with Crippen molar-refractivity contribution in [2.24, 2.45) is 0 Å². The smallest absolute Gasteiger partial charge is 0.247 e. The van der Waals surface area contributed by atoms with Crippen molar-refractivity contribution in [2.45, 2.75) is 39.5 Å². The zero-order chi connectivity index (χ0) is 19.5. The molecule has 4 rings (SSSR count). The van der Waals surface area contributed by atoms with Gasteiger partial charge in [0.1, 0.15) is 6.07 Å². The third-order valence-corrected chi connectivity index (χ3v) is 5.26. The maximum atomic E-state index is 9.96. The first-order valence-electron chi connectivity index (χ1n) is 9.92. The number of anilines is 1. The number of rotatable bonds is 4. The van der Waals surface area contributed by atoms with Crippen LogP contribution in [0, 0.1) is 18.3 Å². The Morgan fingerprint density at radius 2 is 1.86 bits per heavy atom. The Morgan fingerprint density at radius 1 is 1.07 bits per heavy atom. The average molecular weight is 372 g/mol. The molecule has 28 heavy (non-hydrogen) atoms. The van der Waals surface area contributed by atoms with E-state index in [4.69, 9.17) is 4.42 Å². The van der Waals surface area contributed by atoms with E-state index >= 15 is 0 Å². The van der Waals surface area contributed by atoms with Crippen LogP contribution in [0.3, 0.4) is 0 Å². The molecule has 1 aliphatic rings. The maximum Gasteiger partial charge on any atom is 0.247 e. The molecular formula is C23H24N4O. The van der Waals surface area contributed by atoms with Crippen LogP contribution in [-0.2, 0) is 6.42 Å². The van der Waals surface area contributed by atoms with Crippen molar-refractivity contribution in [3.05, 3.63) is 53.4 Å². The zero-order valence-corrected chi connectivity index (χ0v) is 16.4. The van der Waals surface area contributed by atoms with Crippen LogP contribution in [0.25, 0.3) is 22.6 Å². The van der Waals surface area contributed by atoms with Crippen LogP contribution < -0.4 is 4.90 Å². The number of aromatic nitrogens is 2. The van der Waals surface area contributed by atoms with Gasteiger partial charge in [-0.25, -0.2) is 0 Å². The minimum atomic E-state index is 0.521. The summed E-state index contributed by atoms with van der Waals surface area (Å²) in [6.45, 7) is 6.06. The Kier molecular flexibility index (Phi) is 5.12. The highest BCUT2D eigenvalue weighted by molar-refractivity contribution is 5.81. The van der Waals surface area contributed by atoms with Gasteiger partial charge in [0.15, 0.2) is 0 Å². The van der Waals surface area contributed by atoms with Crippen molar-refractivity contribution in [3.8, 4) is 28.7 Å². The van der Waals surface area contributed by atoms with Gasteiger partial charge in [-0.3, -0.25) is 0 Å². The summed E-state index contributed by atoms with van der Waals surface area (Å²) >= 11 is 0. The largest absolute Gasteiger partial charge is 0.421 e. The summed E-state index contributed by atoms with van der Waals surface area (Å²) in [7, 11) is 0. The van der Waals surface area contributed by atoms with Crippen molar-refractivity contribution in [2.75, 3.05) is 18.0 Å². The molecule has 1 saturated heterocycles. The summed E-state index contributed by atoms with van der Waals surface area (Å²) in [6, 6.07) is 14.8. The minimum absolute atomic E-state index is 0.521. The highest BCUT2D eigenvalue weighted by atomic mass is 16.4. The number of aryl methyl sites for hydroxylation is 2. The van der Waals surface area contributed by atoms with Crippen LogP contribution in [0.5, 0.6) is 0 Å². The monoisotopic (exact) mass is 372 g/mol. The second-order valence-electron chi connectivity index (χ2n) is 7.30. The molecule has 0 saturated carbocycles. The molecule has 0 spiro atoms. The maximum absolute atomic E-state index is 9.96. The van der Waals surface area contributed by atoms with Crippen molar-refractivity contribution in [3.63, 3.8) is 0 Å². The Bertz CT molecular complexity index is 1030. The first-order valence-corrected chi connectivity index (χ1v) is 9.92. The number of nitriles is 1. The lowest BCUT2D eigenvalue weighted by Gasteiger charge is -2.30. The Hall–Kier alpha value is -3.13. The fraction of sp³-hybridized carbons (Fsp3) is 0.348. The standard InChI is InChI=1S/C23H24N4O/c1-3-22-25-26-23(28-22)18-13-16(2)12-17(14-18)19-8-7-9-21(20(19)15-24)27-10-5-4-6-11-27/h7-9,12-14H,3-6,10-11H2,1-2H3. The quantitative estimate of drug-likeness (QED) is 0.635. The number of hydrogen-bond acceptors (Lipinski definition) is 5.